The first-order valence-corrected chi connectivity index (χ1v) is 5.49. The normalized spacial score (nSPS) is 18.9. The minimum absolute atomic E-state index is 0.0765. The molecule has 5 heteroatoms. The Balaban J connectivity index is 2.12. The van der Waals surface area contributed by atoms with E-state index in [0.717, 1.165) is 18.4 Å². The second-order valence-corrected chi connectivity index (χ2v) is 5.19. The largest absolute Gasteiger partial charge is 0.325 e. The van der Waals surface area contributed by atoms with Gasteiger partial charge in [-0.05, 0) is 38.3 Å². The highest BCUT2D eigenvalue weighted by Gasteiger charge is 2.54. The van der Waals surface area contributed by atoms with Crippen molar-refractivity contribution in [1.29, 1.82) is 0 Å². The number of aromatic nitrogens is 4. The van der Waals surface area contributed by atoms with Crippen LogP contribution in [-0.4, -0.2) is 25.9 Å². The van der Waals surface area contributed by atoms with Gasteiger partial charge in [-0.1, -0.05) is 0 Å². The second-order valence-electron chi connectivity index (χ2n) is 5.19. The zero-order valence-corrected chi connectivity index (χ0v) is 9.49. The quantitative estimate of drug-likeness (QED) is 0.790. The van der Waals surface area contributed by atoms with Gasteiger partial charge < -0.3 is 5.73 Å². The zero-order valence-electron chi connectivity index (χ0n) is 9.49. The molecule has 2 heterocycles. The van der Waals surface area contributed by atoms with Gasteiger partial charge in [0.05, 0.1) is 0 Å². The van der Waals surface area contributed by atoms with E-state index >= 15 is 0 Å². The number of nitrogens with one attached hydrogen (secondary N) is 1. The molecule has 0 unspecified atom stereocenters. The van der Waals surface area contributed by atoms with Gasteiger partial charge in [0.2, 0.25) is 5.65 Å². The number of nitrogens with zero attached hydrogens (tertiary/aromatic N) is 3. The first-order chi connectivity index (χ1) is 7.53. The lowest BCUT2D eigenvalue weighted by Gasteiger charge is -2.30. The average Bonchev–Trinajstić information content (AvgIpc) is 2.91. The SMILES string of the molecule is CC(C)(N)C1(c2cnc3n[nH]nc3c2)CC1. The molecule has 0 bridgehead atoms. The fourth-order valence-electron chi connectivity index (χ4n) is 2.43. The molecule has 0 aromatic carbocycles. The third kappa shape index (κ3) is 1.18. The van der Waals surface area contributed by atoms with E-state index in [-0.39, 0.29) is 11.0 Å². The predicted molar refractivity (Wildman–Crippen MR) is 60.9 cm³/mol. The highest BCUT2D eigenvalue weighted by Crippen LogP contribution is 2.54. The van der Waals surface area contributed by atoms with Gasteiger partial charge in [0.25, 0.3) is 0 Å². The van der Waals surface area contributed by atoms with Gasteiger partial charge in [-0.2, -0.15) is 10.3 Å². The summed E-state index contributed by atoms with van der Waals surface area (Å²) in [5.41, 5.74) is 8.77. The van der Waals surface area contributed by atoms with E-state index in [9.17, 15) is 0 Å². The number of H-pyrrole nitrogens is 1. The van der Waals surface area contributed by atoms with Gasteiger partial charge in [-0.15, -0.1) is 5.10 Å². The molecule has 0 atom stereocenters. The molecule has 0 spiro atoms. The van der Waals surface area contributed by atoms with E-state index in [1.807, 2.05) is 12.3 Å². The minimum atomic E-state index is -0.216. The molecule has 3 N–H and O–H groups in total. The summed E-state index contributed by atoms with van der Waals surface area (Å²) in [4.78, 5) is 4.30. The summed E-state index contributed by atoms with van der Waals surface area (Å²) in [6.07, 6.45) is 4.13. The van der Waals surface area contributed by atoms with Crippen LogP contribution in [-0.2, 0) is 5.41 Å². The van der Waals surface area contributed by atoms with Gasteiger partial charge in [0, 0.05) is 17.2 Å². The van der Waals surface area contributed by atoms with E-state index in [1.54, 1.807) is 0 Å². The summed E-state index contributed by atoms with van der Waals surface area (Å²) >= 11 is 0. The molecule has 2 aromatic rings. The molecule has 1 aliphatic carbocycles. The van der Waals surface area contributed by atoms with Crippen LogP contribution in [0.2, 0.25) is 0 Å². The summed E-state index contributed by atoms with van der Waals surface area (Å²) in [5, 5.41) is 10.6. The van der Waals surface area contributed by atoms with Crippen LogP contribution in [0.5, 0.6) is 0 Å². The first kappa shape index (κ1) is 9.72. The minimum Gasteiger partial charge on any atom is -0.325 e. The Hall–Kier alpha value is -1.49. The molecule has 0 radical (unpaired) electrons. The fourth-order valence-corrected chi connectivity index (χ4v) is 2.43. The maximum Gasteiger partial charge on any atom is 0.201 e. The lowest BCUT2D eigenvalue weighted by Crippen LogP contribution is -2.45. The highest BCUT2D eigenvalue weighted by molar-refractivity contribution is 5.70. The number of aromatic amines is 1. The summed E-state index contributed by atoms with van der Waals surface area (Å²) in [6.45, 7) is 4.15. The molecule has 0 saturated heterocycles. The van der Waals surface area contributed by atoms with E-state index in [2.05, 4.69) is 34.2 Å². The molecule has 1 saturated carbocycles. The van der Waals surface area contributed by atoms with Gasteiger partial charge in [-0.25, -0.2) is 4.98 Å². The molecule has 2 aromatic heterocycles. The van der Waals surface area contributed by atoms with Crippen molar-refractivity contribution >= 4 is 11.2 Å². The first-order valence-electron chi connectivity index (χ1n) is 5.49. The van der Waals surface area contributed by atoms with Crippen LogP contribution in [0.15, 0.2) is 12.3 Å². The van der Waals surface area contributed by atoms with Crippen molar-refractivity contribution in [3.05, 3.63) is 17.8 Å². The Morgan fingerprint density at radius 2 is 2.12 bits per heavy atom. The summed E-state index contributed by atoms with van der Waals surface area (Å²) in [5.74, 6) is 0. The number of rotatable bonds is 2. The van der Waals surface area contributed by atoms with Crippen LogP contribution >= 0.6 is 0 Å². The van der Waals surface area contributed by atoms with Crippen molar-refractivity contribution in [2.24, 2.45) is 5.73 Å². The number of pyridine rings is 1. The Labute approximate surface area is 93.4 Å². The molecule has 84 valence electrons. The third-order valence-electron chi connectivity index (χ3n) is 3.71. The van der Waals surface area contributed by atoms with Gasteiger partial charge in [-0.3, -0.25) is 0 Å². The van der Waals surface area contributed by atoms with Crippen molar-refractivity contribution in [2.75, 3.05) is 0 Å². The number of hydrogen-bond donors (Lipinski definition) is 2. The number of hydrogen-bond acceptors (Lipinski definition) is 4. The maximum absolute atomic E-state index is 6.26. The monoisotopic (exact) mass is 217 g/mol. The molecule has 0 aliphatic heterocycles. The van der Waals surface area contributed by atoms with Crippen LogP contribution < -0.4 is 5.73 Å². The summed E-state index contributed by atoms with van der Waals surface area (Å²) in [6, 6.07) is 2.05. The summed E-state index contributed by atoms with van der Waals surface area (Å²) < 4.78 is 0. The van der Waals surface area contributed by atoms with Crippen LogP contribution in [0, 0.1) is 0 Å². The third-order valence-corrected chi connectivity index (χ3v) is 3.71. The zero-order chi connectivity index (χ0) is 11.4. The van der Waals surface area contributed by atoms with Crippen molar-refractivity contribution in [1.82, 2.24) is 20.4 Å². The molecule has 16 heavy (non-hydrogen) atoms. The van der Waals surface area contributed by atoms with E-state index in [4.69, 9.17) is 5.73 Å². The van der Waals surface area contributed by atoms with Crippen LogP contribution in [0.1, 0.15) is 32.3 Å². The van der Waals surface area contributed by atoms with E-state index < -0.39 is 0 Å². The molecule has 3 rings (SSSR count). The number of nitrogens with two attached hydrogens (primary N) is 1. The smallest absolute Gasteiger partial charge is 0.201 e. The Bertz CT molecular complexity index is 533. The lowest BCUT2D eigenvalue weighted by molar-refractivity contribution is 0.391. The molecular weight excluding hydrogens is 202 g/mol. The molecule has 1 fully saturated rings. The van der Waals surface area contributed by atoms with Crippen LogP contribution in [0.3, 0.4) is 0 Å². The fraction of sp³-hybridized carbons (Fsp3) is 0.545. The maximum atomic E-state index is 6.26. The summed E-state index contributed by atoms with van der Waals surface area (Å²) in [7, 11) is 0. The lowest BCUT2D eigenvalue weighted by atomic mass is 9.80. The molecule has 5 nitrogen and oxygen atoms in total. The van der Waals surface area contributed by atoms with Crippen molar-refractivity contribution < 1.29 is 0 Å². The van der Waals surface area contributed by atoms with Crippen molar-refractivity contribution in [2.45, 2.75) is 37.6 Å². The Morgan fingerprint density at radius 3 is 2.75 bits per heavy atom. The van der Waals surface area contributed by atoms with E-state index in [0.29, 0.717) is 5.65 Å². The number of fused-ring (bicyclic) bond motifs is 1. The standard InChI is InChI=1S/C11H15N5/c1-10(2,12)11(3-4-11)7-5-8-9(13-6-7)15-16-14-8/h5-6H,3-4,12H2,1-2H3,(H,13,14,15,16). The molecule has 0 amide bonds. The van der Waals surface area contributed by atoms with Gasteiger partial charge >= 0.3 is 0 Å². The second kappa shape index (κ2) is 2.79. The van der Waals surface area contributed by atoms with Crippen molar-refractivity contribution in [3.63, 3.8) is 0 Å². The van der Waals surface area contributed by atoms with Crippen LogP contribution in [0.4, 0.5) is 0 Å². The topological polar surface area (TPSA) is 80.5 Å². The highest BCUT2D eigenvalue weighted by atomic mass is 15.3. The van der Waals surface area contributed by atoms with Gasteiger partial charge in [0.1, 0.15) is 5.52 Å². The Kier molecular flexibility index (Phi) is 1.70. The van der Waals surface area contributed by atoms with E-state index in [1.165, 1.54) is 5.56 Å². The average molecular weight is 217 g/mol. The molecule has 1 aliphatic rings. The molecular formula is C11H15N5. The Morgan fingerprint density at radius 1 is 1.38 bits per heavy atom. The predicted octanol–water partition coefficient (Wildman–Crippen LogP) is 1.12. The van der Waals surface area contributed by atoms with Crippen LogP contribution in [0.25, 0.3) is 11.2 Å². The van der Waals surface area contributed by atoms with Gasteiger partial charge in [0.15, 0.2) is 0 Å². The van der Waals surface area contributed by atoms with Crippen molar-refractivity contribution in [3.8, 4) is 0 Å².